The molecule has 0 aromatic carbocycles. The zero-order valence-corrected chi connectivity index (χ0v) is 14.1. The van der Waals surface area contributed by atoms with Gasteiger partial charge in [-0.05, 0) is 25.5 Å². The molecule has 126 valence electrons. The van der Waals surface area contributed by atoms with Gasteiger partial charge in [-0.25, -0.2) is 9.97 Å². The predicted molar refractivity (Wildman–Crippen MR) is 90.3 cm³/mol. The van der Waals surface area contributed by atoms with Crippen molar-refractivity contribution in [1.29, 1.82) is 0 Å². The number of aryl methyl sites for hydroxylation is 1. The molecule has 1 aliphatic rings. The number of likely N-dealkylation sites (N-methyl/N-ethyl adjacent to an activating group) is 1. The lowest BCUT2D eigenvalue weighted by Gasteiger charge is -2.25. The molecule has 1 aliphatic heterocycles. The Bertz CT molecular complexity index is 719. The maximum Gasteiger partial charge on any atom is 0.257 e. The van der Waals surface area contributed by atoms with Crippen molar-refractivity contribution < 1.29 is 9.53 Å². The summed E-state index contributed by atoms with van der Waals surface area (Å²) in [5, 5.41) is 0. The highest BCUT2D eigenvalue weighted by molar-refractivity contribution is 5.94. The van der Waals surface area contributed by atoms with E-state index in [0.717, 1.165) is 24.5 Å². The summed E-state index contributed by atoms with van der Waals surface area (Å²) in [7, 11) is 3.42. The van der Waals surface area contributed by atoms with E-state index in [2.05, 4.69) is 19.9 Å². The van der Waals surface area contributed by atoms with Gasteiger partial charge in [0.15, 0.2) is 5.82 Å². The zero-order chi connectivity index (χ0) is 17.1. The van der Waals surface area contributed by atoms with Gasteiger partial charge in [0.05, 0.1) is 18.7 Å². The Morgan fingerprint density at radius 2 is 2.08 bits per heavy atom. The Morgan fingerprint density at radius 3 is 2.79 bits per heavy atom. The molecule has 0 saturated carbocycles. The Kier molecular flexibility index (Phi) is 4.59. The summed E-state index contributed by atoms with van der Waals surface area (Å²) < 4.78 is 5.28. The summed E-state index contributed by atoms with van der Waals surface area (Å²) in [6, 6.07) is 3.79. The van der Waals surface area contributed by atoms with Crippen LogP contribution in [0.25, 0.3) is 0 Å². The Hall–Kier alpha value is -2.70. The summed E-state index contributed by atoms with van der Waals surface area (Å²) in [5.74, 6) is 1.22. The van der Waals surface area contributed by atoms with Gasteiger partial charge >= 0.3 is 0 Å². The lowest BCUT2D eigenvalue weighted by atomic mass is 10.2. The van der Waals surface area contributed by atoms with Crippen LogP contribution in [0, 0.1) is 6.92 Å². The first kappa shape index (κ1) is 16.2. The number of carbonyl (C=O) groups excluding carboxylic acids is 1. The monoisotopic (exact) mass is 327 g/mol. The van der Waals surface area contributed by atoms with Crippen LogP contribution in [-0.4, -0.2) is 59.0 Å². The van der Waals surface area contributed by atoms with Crippen molar-refractivity contribution in [1.82, 2.24) is 19.9 Å². The maximum absolute atomic E-state index is 12.6. The fourth-order valence-corrected chi connectivity index (χ4v) is 2.89. The van der Waals surface area contributed by atoms with E-state index < -0.39 is 0 Å². The van der Waals surface area contributed by atoms with E-state index in [1.54, 1.807) is 30.6 Å². The number of hydrogen-bond acceptors (Lipinski definition) is 6. The van der Waals surface area contributed by atoms with Crippen molar-refractivity contribution in [2.45, 2.75) is 19.4 Å². The highest BCUT2D eigenvalue weighted by Gasteiger charge is 2.31. The van der Waals surface area contributed by atoms with E-state index in [9.17, 15) is 4.79 Å². The number of hydrogen-bond donors (Lipinski definition) is 0. The van der Waals surface area contributed by atoms with E-state index in [4.69, 9.17) is 4.74 Å². The zero-order valence-electron chi connectivity index (χ0n) is 14.1. The van der Waals surface area contributed by atoms with Gasteiger partial charge in [0.1, 0.15) is 0 Å². The van der Waals surface area contributed by atoms with Crippen molar-refractivity contribution in [2.24, 2.45) is 0 Å². The molecule has 7 nitrogen and oxygen atoms in total. The van der Waals surface area contributed by atoms with Crippen LogP contribution in [0.1, 0.15) is 22.5 Å². The molecule has 3 heterocycles. The maximum atomic E-state index is 12.6. The second kappa shape index (κ2) is 6.82. The molecule has 7 heteroatoms. The van der Waals surface area contributed by atoms with Crippen LogP contribution < -0.4 is 9.64 Å². The molecule has 0 N–H and O–H groups in total. The van der Waals surface area contributed by atoms with Crippen LogP contribution in [0.5, 0.6) is 5.88 Å². The second-order valence-corrected chi connectivity index (χ2v) is 5.88. The molecule has 1 saturated heterocycles. The molecule has 1 atom stereocenters. The van der Waals surface area contributed by atoms with Gasteiger partial charge in [-0.3, -0.25) is 9.78 Å². The molecular formula is C17H21N5O2. The van der Waals surface area contributed by atoms with Gasteiger partial charge in [0, 0.05) is 44.4 Å². The third-order valence-electron chi connectivity index (χ3n) is 4.33. The minimum Gasteiger partial charge on any atom is -0.478 e. The van der Waals surface area contributed by atoms with Crippen LogP contribution in [-0.2, 0) is 0 Å². The molecule has 0 radical (unpaired) electrons. The van der Waals surface area contributed by atoms with E-state index in [1.165, 1.54) is 0 Å². The highest BCUT2D eigenvalue weighted by Crippen LogP contribution is 2.27. The number of methoxy groups -OCH3 is 1. The fraction of sp³-hybridized carbons (Fsp3) is 0.412. The third kappa shape index (κ3) is 3.15. The molecule has 2 aromatic rings. The summed E-state index contributed by atoms with van der Waals surface area (Å²) in [6.07, 6.45) is 5.77. The minimum atomic E-state index is -0.0135. The third-order valence-corrected chi connectivity index (χ3v) is 4.33. The van der Waals surface area contributed by atoms with Crippen LogP contribution >= 0.6 is 0 Å². The standard InChI is InChI=1S/C17H21N5O2/c1-12-4-5-13(10-20-12)17(23)21(2)14-6-9-22(11-14)15-16(24-3)19-8-7-18-15/h4-5,7-8,10,14H,6,9,11H2,1-3H3/t14-/m1/s1. The molecule has 0 aliphatic carbocycles. The van der Waals surface area contributed by atoms with E-state index >= 15 is 0 Å². The summed E-state index contributed by atoms with van der Waals surface area (Å²) >= 11 is 0. The topological polar surface area (TPSA) is 71.5 Å². The average molecular weight is 327 g/mol. The molecule has 1 amide bonds. The molecule has 24 heavy (non-hydrogen) atoms. The van der Waals surface area contributed by atoms with Crippen molar-refractivity contribution in [2.75, 3.05) is 32.1 Å². The predicted octanol–water partition coefficient (Wildman–Crippen LogP) is 1.54. The van der Waals surface area contributed by atoms with Crippen LogP contribution in [0.15, 0.2) is 30.7 Å². The van der Waals surface area contributed by atoms with Gasteiger partial charge in [-0.15, -0.1) is 0 Å². The first-order valence-corrected chi connectivity index (χ1v) is 7.90. The Morgan fingerprint density at radius 1 is 1.29 bits per heavy atom. The normalized spacial score (nSPS) is 17.0. The molecule has 3 rings (SSSR count). The quantitative estimate of drug-likeness (QED) is 0.848. The van der Waals surface area contributed by atoms with Gasteiger partial charge in [-0.2, -0.15) is 0 Å². The number of anilines is 1. The summed E-state index contributed by atoms with van der Waals surface area (Å²) in [5.41, 5.74) is 1.51. The van der Waals surface area contributed by atoms with E-state index in [0.29, 0.717) is 18.0 Å². The number of amides is 1. The molecule has 0 spiro atoms. The van der Waals surface area contributed by atoms with Crippen molar-refractivity contribution >= 4 is 11.7 Å². The number of nitrogens with zero attached hydrogens (tertiary/aromatic N) is 5. The van der Waals surface area contributed by atoms with E-state index in [-0.39, 0.29) is 11.9 Å². The van der Waals surface area contributed by atoms with Crippen molar-refractivity contribution in [3.63, 3.8) is 0 Å². The first-order valence-electron chi connectivity index (χ1n) is 7.90. The molecule has 0 bridgehead atoms. The highest BCUT2D eigenvalue weighted by atomic mass is 16.5. The molecule has 2 aromatic heterocycles. The smallest absolute Gasteiger partial charge is 0.257 e. The minimum absolute atomic E-state index is 0.0135. The van der Waals surface area contributed by atoms with Gasteiger partial charge < -0.3 is 14.5 Å². The largest absolute Gasteiger partial charge is 0.478 e. The van der Waals surface area contributed by atoms with Crippen LogP contribution in [0.3, 0.4) is 0 Å². The van der Waals surface area contributed by atoms with Gasteiger partial charge in [-0.1, -0.05) is 0 Å². The average Bonchev–Trinajstić information content (AvgIpc) is 3.11. The summed E-state index contributed by atoms with van der Waals surface area (Å²) in [6.45, 7) is 3.42. The van der Waals surface area contributed by atoms with Crippen LogP contribution in [0.2, 0.25) is 0 Å². The number of ether oxygens (including phenoxy) is 1. The van der Waals surface area contributed by atoms with Gasteiger partial charge in [0.2, 0.25) is 0 Å². The number of carbonyl (C=O) groups is 1. The Labute approximate surface area is 141 Å². The second-order valence-electron chi connectivity index (χ2n) is 5.88. The Balaban J connectivity index is 1.70. The number of pyridine rings is 1. The van der Waals surface area contributed by atoms with Gasteiger partial charge in [0.25, 0.3) is 11.8 Å². The molecular weight excluding hydrogens is 306 g/mol. The lowest BCUT2D eigenvalue weighted by Crippen LogP contribution is -2.39. The lowest BCUT2D eigenvalue weighted by molar-refractivity contribution is 0.0744. The summed E-state index contributed by atoms with van der Waals surface area (Å²) in [4.78, 5) is 29.3. The first-order chi connectivity index (χ1) is 11.6. The molecule has 1 fully saturated rings. The molecule has 0 unspecified atom stereocenters. The van der Waals surface area contributed by atoms with Crippen molar-refractivity contribution in [3.05, 3.63) is 42.0 Å². The van der Waals surface area contributed by atoms with E-state index in [1.807, 2.05) is 26.1 Å². The number of aromatic nitrogens is 3. The number of rotatable bonds is 4. The fourth-order valence-electron chi connectivity index (χ4n) is 2.89. The van der Waals surface area contributed by atoms with Crippen molar-refractivity contribution in [3.8, 4) is 5.88 Å². The van der Waals surface area contributed by atoms with Crippen LogP contribution in [0.4, 0.5) is 5.82 Å². The SMILES string of the molecule is COc1nccnc1N1CC[C@@H](N(C)C(=O)c2ccc(C)nc2)C1.